The Bertz CT molecular complexity index is 1180. The molecule has 0 aliphatic heterocycles. The van der Waals surface area contributed by atoms with Crippen molar-refractivity contribution in [2.75, 3.05) is 0 Å². The summed E-state index contributed by atoms with van der Waals surface area (Å²) in [4.78, 5) is 0. The third kappa shape index (κ3) is 2.29. The fraction of sp³-hybridized carbons (Fsp3) is 0.120. The molecule has 25 heavy (non-hydrogen) atoms. The van der Waals surface area contributed by atoms with Gasteiger partial charge in [0.25, 0.3) is 0 Å². The number of rotatable bonds is 1. The molecule has 4 aromatic rings. The van der Waals surface area contributed by atoms with Gasteiger partial charge in [0.2, 0.25) is 0 Å². The molecule has 0 amide bonds. The molecule has 0 saturated carbocycles. The lowest BCUT2D eigenvalue weighted by Gasteiger charge is -2.09. The molecular formula is C25H20. The zero-order chi connectivity index (χ0) is 17.0. The van der Waals surface area contributed by atoms with E-state index >= 15 is 0 Å². The standard InChI is InChI=1S/C25H20/c1-16-11-24-14-22-10-9-21(13-23(22)15-25(24)17(16)2)20-8-7-18-5-3-4-6-19(18)12-20/h3-10,12-15H,11H2,1-2H3. The van der Waals surface area contributed by atoms with Crippen LogP contribution in [0.2, 0.25) is 0 Å². The Morgan fingerprint density at radius 3 is 2.04 bits per heavy atom. The van der Waals surface area contributed by atoms with Gasteiger partial charge < -0.3 is 0 Å². The summed E-state index contributed by atoms with van der Waals surface area (Å²) in [5.41, 5.74) is 8.42. The van der Waals surface area contributed by atoms with Gasteiger partial charge in [-0.25, -0.2) is 0 Å². The van der Waals surface area contributed by atoms with Crippen molar-refractivity contribution in [1.82, 2.24) is 0 Å². The van der Waals surface area contributed by atoms with E-state index in [2.05, 4.69) is 86.6 Å². The second-order valence-corrected chi connectivity index (χ2v) is 7.22. The highest BCUT2D eigenvalue weighted by Gasteiger charge is 2.16. The van der Waals surface area contributed by atoms with E-state index in [-0.39, 0.29) is 0 Å². The van der Waals surface area contributed by atoms with Crippen molar-refractivity contribution in [3.8, 4) is 11.1 Å². The van der Waals surface area contributed by atoms with Crippen molar-refractivity contribution >= 4 is 27.1 Å². The molecule has 1 aliphatic rings. The van der Waals surface area contributed by atoms with Crippen LogP contribution in [0.5, 0.6) is 0 Å². The SMILES string of the molecule is CC1=C(C)c2cc3cc(-c4ccc5ccccc5c4)ccc3cc2C1. The Kier molecular flexibility index (Phi) is 3.08. The zero-order valence-corrected chi connectivity index (χ0v) is 14.6. The summed E-state index contributed by atoms with van der Waals surface area (Å²) in [6.07, 6.45) is 1.10. The van der Waals surface area contributed by atoms with Crippen LogP contribution in [0.15, 0.2) is 78.4 Å². The Labute approximate surface area is 148 Å². The molecule has 4 aromatic carbocycles. The van der Waals surface area contributed by atoms with E-state index in [4.69, 9.17) is 0 Å². The molecular weight excluding hydrogens is 300 g/mol. The van der Waals surface area contributed by atoms with Crippen molar-refractivity contribution in [2.45, 2.75) is 20.3 Å². The maximum atomic E-state index is 2.38. The predicted octanol–water partition coefficient (Wildman–Crippen LogP) is 7.01. The third-order valence-electron chi connectivity index (χ3n) is 5.64. The fourth-order valence-electron chi connectivity index (χ4n) is 4.04. The van der Waals surface area contributed by atoms with Gasteiger partial charge in [-0.15, -0.1) is 0 Å². The van der Waals surface area contributed by atoms with Gasteiger partial charge in [-0.3, -0.25) is 0 Å². The van der Waals surface area contributed by atoms with E-state index in [9.17, 15) is 0 Å². The molecule has 0 bridgehead atoms. The first-order chi connectivity index (χ1) is 12.2. The first-order valence-corrected chi connectivity index (χ1v) is 8.92. The molecule has 0 saturated heterocycles. The minimum Gasteiger partial charge on any atom is -0.0654 e. The maximum Gasteiger partial charge on any atom is -0.00577 e. The molecule has 0 unspecified atom stereocenters. The van der Waals surface area contributed by atoms with Gasteiger partial charge in [0.15, 0.2) is 0 Å². The highest BCUT2D eigenvalue weighted by molar-refractivity contribution is 5.94. The van der Waals surface area contributed by atoms with Gasteiger partial charge in [-0.1, -0.05) is 60.2 Å². The van der Waals surface area contributed by atoms with Gasteiger partial charge in [-0.2, -0.15) is 0 Å². The quantitative estimate of drug-likeness (QED) is 0.354. The zero-order valence-electron chi connectivity index (χ0n) is 14.6. The molecule has 0 nitrogen and oxygen atoms in total. The normalized spacial score (nSPS) is 13.7. The van der Waals surface area contributed by atoms with Crippen molar-refractivity contribution in [3.05, 3.63) is 89.5 Å². The monoisotopic (exact) mass is 320 g/mol. The largest absolute Gasteiger partial charge is 0.0654 e. The highest BCUT2D eigenvalue weighted by Crippen LogP contribution is 2.36. The van der Waals surface area contributed by atoms with Crippen LogP contribution in [0.4, 0.5) is 0 Å². The average molecular weight is 320 g/mol. The molecule has 0 atom stereocenters. The predicted molar refractivity (Wildman–Crippen MR) is 109 cm³/mol. The third-order valence-corrected chi connectivity index (χ3v) is 5.64. The summed E-state index contributed by atoms with van der Waals surface area (Å²) in [6, 6.07) is 26.9. The van der Waals surface area contributed by atoms with E-state index in [0.29, 0.717) is 0 Å². The Balaban J connectivity index is 1.67. The fourth-order valence-corrected chi connectivity index (χ4v) is 4.04. The van der Waals surface area contributed by atoms with Crippen LogP contribution in [-0.2, 0) is 6.42 Å². The second-order valence-electron chi connectivity index (χ2n) is 7.22. The summed E-state index contributed by atoms with van der Waals surface area (Å²) >= 11 is 0. The van der Waals surface area contributed by atoms with E-state index in [1.165, 1.54) is 54.9 Å². The van der Waals surface area contributed by atoms with Crippen molar-refractivity contribution in [1.29, 1.82) is 0 Å². The number of hydrogen-bond donors (Lipinski definition) is 0. The first-order valence-electron chi connectivity index (χ1n) is 8.92. The summed E-state index contributed by atoms with van der Waals surface area (Å²) in [5, 5.41) is 5.26. The van der Waals surface area contributed by atoms with E-state index in [1.807, 2.05) is 0 Å². The number of hydrogen-bond acceptors (Lipinski definition) is 0. The number of fused-ring (bicyclic) bond motifs is 3. The lowest BCUT2D eigenvalue weighted by molar-refractivity contribution is 1.20. The van der Waals surface area contributed by atoms with Crippen molar-refractivity contribution in [2.24, 2.45) is 0 Å². The molecule has 120 valence electrons. The topological polar surface area (TPSA) is 0 Å². The highest BCUT2D eigenvalue weighted by atomic mass is 14.2. The minimum atomic E-state index is 1.10. The summed E-state index contributed by atoms with van der Waals surface area (Å²) < 4.78 is 0. The van der Waals surface area contributed by atoms with Crippen molar-refractivity contribution in [3.63, 3.8) is 0 Å². The van der Waals surface area contributed by atoms with Crippen LogP contribution < -0.4 is 0 Å². The van der Waals surface area contributed by atoms with Crippen LogP contribution in [-0.4, -0.2) is 0 Å². The molecule has 0 aromatic heterocycles. The van der Waals surface area contributed by atoms with E-state index < -0.39 is 0 Å². The number of allylic oxidation sites excluding steroid dienone is 2. The molecule has 0 heterocycles. The molecule has 1 aliphatic carbocycles. The van der Waals surface area contributed by atoms with Crippen LogP contribution in [0.1, 0.15) is 25.0 Å². The minimum absolute atomic E-state index is 1.10. The van der Waals surface area contributed by atoms with Crippen molar-refractivity contribution < 1.29 is 0 Å². The molecule has 0 spiro atoms. The van der Waals surface area contributed by atoms with Gasteiger partial charge in [-0.05, 0) is 87.8 Å². The second kappa shape index (κ2) is 5.32. The molecule has 0 heteroatoms. The van der Waals surface area contributed by atoms with Crippen LogP contribution in [0.25, 0.3) is 38.2 Å². The summed E-state index contributed by atoms with van der Waals surface area (Å²) in [7, 11) is 0. The lowest BCUT2D eigenvalue weighted by atomic mass is 9.95. The van der Waals surface area contributed by atoms with Gasteiger partial charge in [0.1, 0.15) is 0 Å². The van der Waals surface area contributed by atoms with Gasteiger partial charge in [0, 0.05) is 0 Å². The van der Waals surface area contributed by atoms with Gasteiger partial charge in [0.05, 0.1) is 0 Å². The van der Waals surface area contributed by atoms with Crippen LogP contribution in [0.3, 0.4) is 0 Å². The Morgan fingerprint density at radius 1 is 0.600 bits per heavy atom. The Morgan fingerprint density at radius 2 is 1.24 bits per heavy atom. The van der Waals surface area contributed by atoms with E-state index in [0.717, 1.165) is 6.42 Å². The van der Waals surface area contributed by atoms with Crippen LogP contribution >= 0.6 is 0 Å². The van der Waals surface area contributed by atoms with E-state index in [1.54, 1.807) is 0 Å². The first kappa shape index (κ1) is 14.5. The molecule has 0 N–H and O–H groups in total. The van der Waals surface area contributed by atoms with Gasteiger partial charge >= 0.3 is 0 Å². The lowest BCUT2D eigenvalue weighted by Crippen LogP contribution is -1.86. The summed E-state index contributed by atoms with van der Waals surface area (Å²) in [6.45, 7) is 4.50. The molecule has 0 fully saturated rings. The molecule has 0 radical (unpaired) electrons. The Hall–Kier alpha value is -2.86. The smallest absolute Gasteiger partial charge is 0.00577 e. The summed E-state index contributed by atoms with van der Waals surface area (Å²) in [5.74, 6) is 0. The number of benzene rings is 4. The molecule has 5 rings (SSSR count). The average Bonchev–Trinajstić information content (AvgIpc) is 2.92. The maximum absolute atomic E-state index is 2.38. The van der Waals surface area contributed by atoms with Crippen LogP contribution in [0, 0.1) is 0 Å².